The number of hydrogen-bond acceptors (Lipinski definition) is 4. The van der Waals surface area contributed by atoms with E-state index in [1.54, 1.807) is 17.9 Å². The third-order valence-corrected chi connectivity index (χ3v) is 6.52. The molecule has 2 aromatic carbocycles. The molecular formula is C27H32F3NO4. The third kappa shape index (κ3) is 6.31. The average molecular weight is 492 g/mol. The number of aliphatic hydroxyl groups excluding tert-OH is 1. The number of β-amino-alcohol motifs (C(OH)–C–C–N with tert-alkyl or cyclic N) is 1. The zero-order valence-electron chi connectivity index (χ0n) is 20.2. The van der Waals surface area contributed by atoms with Gasteiger partial charge in [0.25, 0.3) is 0 Å². The highest BCUT2D eigenvalue weighted by Gasteiger charge is 2.38. The van der Waals surface area contributed by atoms with E-state index in [0.717, 1.165) is 11.1 Å². The van der Waals surface area contributed by atoms with Crippen LogP contribution >= 0.6 is 0 Å². The smallest absolute Gasteiger partial charge is 0.331 e. The molecule has 0 saturated carbocycles. The molecule has 0 aromatic heterocycles. The van der Waals surface area contributed by atoms with Crippen molar-refractivity contribution in [1.82, 2.24) is 4.90 Å². The van der Waals surface area contributed by atoms with Crippen molar-refractivity contribution in [3.05, 3.63) is 75.9 Å². The lowest BCUT2D eigenvalue weighted by Gasteiger charge is -2.43. The minimum atomic E-state index is -1.70. The van der Waals surface area contributed by atoms with Crippen molar-refractivity contribution in [3.63, 3.8) is 0 Å². The molecule has 1 heterocycles. The van der Waals surface area contributed by atoms with Crippen LogP contribution in [0.25, 0.3) is 6.08 Å². The number of carboxylic acids is 1. The maximum atomic E-state index is 15.0. The van der Waals surface area contributed by atoms with Gasteiger partial charge in [0.2, 0.25) is 0 Å². The van der Waals surface area contributed by atoms with Gasteiger partial charge in [-0.3, -0.25) is 4.90 Å². The number of ether oxygens (including phenoxy) is 1. The van der Waals surface area contributed by atoms with E-state index in [1.807, 2.05) is 31.2 Å². The van der Waals surface area contributed by atoms with E-state index in [0.29, 0.717) is 19.4 Å². The van der Waals surface area contributed by atoms with Crippen molar-refractivity contribution in [2.45, 2.75) is 58.0 Å². The van der Waals surface area contributed by atoms with Gasteiger partial charge in [-0.2, -0.15) is 0 Å². The number of alkyl halides is 1. The topological polar surface area (TPSA) is 70.0 Å². The number of carboxylic acid groups (broad SMARTS) is 1. The number of aryl methyl sites for hydroxylation is 1. The number of halogens is 3. The molecule has 3 rings (SSSR count). The molecule has 0 bridgehead atoms. The molecule has 5 nitrogen and oxygen atoms in total. The molecule has 190 valence electrons. The standard InChI is InChI=1S/C27H32F3NO4/c1-4-18(27(33)34)13-19-7-5-6-8-21(19)17(3)35-15-20(32)14-31-12-11-23(31)25(29)22-10-9-16(2)24(28)26(22)30/h5-10,13,17,20,23,25,32H,4,11-12,14-15H2,1-3H3,(H,33,34)/t17-,20-,23-,25?/m1/s1. The Hall–Kier alpha value is -2.68. The van der Waals surface area contributed by atoms with E-state index >= 15 is 4.39 Å². The van der Waals surface area contributed by atoms with Gasteiger partial charge < -0.3 is 14.9 Å². The molecule has 1 unspecified atom stereocenters. The van der Waals surface area contributed by atoms with Crippen molar-refractivity contribution in [2.75, 3.05) is 19.7 Å². The summed E-state index contributed by atoms with van der Waals surface area (Å²) in [5, 5.41) is 19.8. The van der Waals surface area contributed by atoms with Gasteiger partial charge in [0, 0.05) is 30.3 Å². The second-order valence-corrected chi connectivity index (χ2v) is 8.94. The summed E-state index contributed by atoms with van der Waals surface area (Å²) >= 11 is 0. The average Bonchev–Trinajstić information content (AvgIpc) is 2.82. The van der Waals surface area contributed by atoms with E-state index in [-0.39, 0.29) is 29.9 Å². The van der Waals surface area contributed by atoms with Crippen LogP contribution in [-0.2, 0) is 9.53 Å². The number of hydrogen-bond donors (Lipinski definition) is 2. The predicted octanol–water partition coefficient (Wildman–Crippen LogP) is 5.37. The summed E-state index contributed by atoms with van der Waals surface area (Å²) in [7, 11) is 0. The maximum absolute atomic E-state index is 15.0. The van der Waals surface area contributed by atoms with Crippen molar-refractivity contribution in [1.29, 1.82) is 0 Å². The number of aliphatic hydroxyl groups is 1. The molecule has 1 aliphatic rings. The molecular weight excluding hydrogens is 459 g/mol. The van der Waals surface area contributed by atoms with Crippen molar-refractivity contribution in [3.8, 4) is 0 Å². The fourth-order valence-electron chi connectivity index (χ4n) is 4.28. The zero-order valence-corrected chi connectivity index (χ0v) is 20.2. The van der Waals surface area contributed by atoms with Gasteiger partial charge in [-0.25, -0.2) is 18.0 Å². The molecule has 0 aliphatic carbocycles. The van der Waals surface area contributed by atoms with Gasteiger partial charge in [-0.05, 0) is 49.5 Å². The fourth-order valence-corrected chi connectivity index (χ4v) is 4.28. The minimum Gasteiger partial charge on any atom is -0.478 e. The predicted molar refractivity (Wildman–Crippen MR) is 128 cm³/mol. The van der Waals surface area contributed by atoms with Gasteiger partial charge in [0.1, 0.15) is 6.17 Å². The quantitative estimate of drug-likeness (QED) is 0.414. The second-order valence-electron chi connectivity index (χ2n) is 8.94. The SMILES string of the molecule is CCC(=Cc1ccccc1[C@@H](C)OC[C@H](O)CN1CC[C@@H]1C(F)c1ccc(C)c(F)c1F)C(=O)O. The van der Waals surface area contributed by atoms with Gasteiger partial charge in [-0.15, -0.1) is 0 Å². The normalized spacial score (nSPS) is 19.2. The van der Waals surface area contributed by atoms with Crippen LogP contribution in [0.2, 0.25) is 0 Å². The van der Waals surface area contributed by atoms with Crippen molar-refractivity contribution < 1.29 is 32.9 Å². The lowest BCUT2D eigenvalue weighted by Crippen LogP contribution is -2.53. The summed E-state index contributed by atoms with van der Waals surface area (Å²) in [6, 6.07) is 9.28. The molecule has 4 atom stereocenters. The first kappa shape index (κ1) is 26.9. The molecule has 1 aliphatic heterocycles. The Morgan fingerprint density at radius 2 is 1.91 bits per heavy atom. The lowest BCUT2D eigenvalue weighted by molar-refractivity contribution is -0.132. The highest BCUT2D eigenvalue weighted by atomic mass is 19.2. The monoisotopic (exact) mass is 491 g/mol. The van der Waals surface area contributed by atoms with Crippen LogP contribution in [0.1, 0.15) is 61.2 Å². The molecule has 0 spiro atoms. The maximum Gasteiger partial charge on any atom is 0.331 e. The molecule has 1 saturated heterocycles. The summed E-state index contributed by atoms with van der Waals surface area (Å²) < 4.78 is 49.0. The van der Waals surface area contributed by atoms with Crippen LogP contribution < -0.4 is 0 Å². The van der Waals surface area contributed by atoms with E-state index in [9.17, 15) is 23.8 Å². The Balaban J connectivity index is 1.59. The van der Waals surface area contributed by atoms with Crippen LogP contribution in [-0.4, -0.2) is 52.9 Å². The summed E-state index contributed by atoms with van der Waals surface area (Å²) in [4.78, 5) is 13.1. The number of rotatable bonds is 11. The number of carbonyl (C=O) groups is 1. The van der Waals surface area contributed by atoms with Crippen LogP contribution in [0.3, 0.4) is 0 Å². The summed E-state index contributed by atoms with van der Waals surface area (Å²) in [5.41, 5.74) is 1.61. The molecule has 2 N–H and O–H groups in total. The zero-order chi connectivity index (χ0) is 25.7. The highest BCUT2D eigenvalue weighted by molar-refractivity contribution is 5.92. The first-order valence-corrected chi connectivity index (χ1v) is 11.8. The number of benzene rings is 2. The molecule has 1 fully saturated rings. The first-order valence-electron chi connectivity index (χ1n) is 11.8. The second kappa shape index (κ2) is 11.8. The Kier molecular flexibility index (Phi) is 9.10. The highest BCUT2D eigenvalue weighted by Crippen LogP contribution is 2.35. The van der Waals surface area contributed by atoms with Crippen molar-refractivity contribution >= 4 is 12.0 Å². The number of nitrogens with zero attached hydrogens (tertiary/aromatic N) is 1. The first-order chi connectivity index (χ1) is 16.6. The summed E-state index contributed by atoms with van der Waals surface area (Å²) in [6.45, 7) is 5.65. The van der Waals surface area contributed by atoms with E-state index < -0.39 is 42.0 Å². The third-order valence-electron chi connectivity index (χ3n) is 6.52. The largest absolute Gasteiger partial charge is 0.478 e. The summed E-state index contributed by atoms with van der Waals surface area (Å²) in [6.07, 6.45) is -0.569. The Morgan fingerprint density at radius 3 is 2.54 bits per heavy atom. The van der Waals surface area contributed by atoms with E-state index in [4.69, 9.17) is 4.74 Å². The van der Waals surface area contributed by atoms with Crippen LogP contribution in [0, 0.1) is 18.6 Å². The van der Waals surface area contributed by atoms with Gasteiger partial charge in [0.15, 0.2) is 11.6 Å². The van der Waals surface area contributed by atoms with E-state index in [1.165, 1.54) is 19.1 Å². The number of likely N-dealkylation sites (tertiary alicyclic amines) is 1. The number of aliphatic carboxylic acids is 1. The fraction of sp³-hybridized carbons (Fsp3) is 0.444. The summed E-state index contributed by atoms with van der Waals surface area (Å²) in [5.74, 6) is -3.18. The van der Waals surface area contributed by atoms with Gasteiger partial charge in [-0.1, -0.05) is 43.3 Å². The van der Waals surface area contributed by atoms with Crippen LogP contribution in [0.5, 0.6) is 0 Å². The molecule has 35 heavy (non-hydrogen) atoms. The van der Waals surface area contributed by atoms with Crippen molar-refractivity contribution in [2.24, 2.45) is 0 Å². The molecule has 0 radical (unpaired) electrons. The molecule has 2 aromatic rings. The Bertz CT molecular complexity index is 1070. The molecule has 8 heteroatoms. The van der Waals surface area contributed by atoms with Gasteiger partial charge >= 0.3 is 5.97 Å². The Morgan fingerprint density at radius 1 is 1.20 bits per heavy atom. The lowest BCUT2D eigenvalue weighted by atomic mass is 9.92. The van der Waals surface area contributed by atoms with E-state index in [2.05, 4.69) is 0 Å². The molecule has 0 amide bonds. The Labute approximate surface area is 203 Å². The van der Waals surface area contributed by atoms with Crippen LogP contribution in [0.15, 0.2) is 42.0 Å². The van der Waals surface area contributed by atoms with Crippen LogP contribution in [0.4, 0.5) is 13.2 Å². The van der Waals surface area contributed by atoms with Gasteiger partial charge in [0.05, 0.1) is 18.8 Å². The minimum absolute atomic E-state index is 0.0214.